The molecule has 0 aromatic carbocycles. The Balaban J connectivity index is 2.02. The lowest BCUT2D eigenvalue weighted by molar-refractivity contribution is -0.144. The molecular weight excluding hydrogens is 266 g/mol. The van der Waals surface area contributed by atoms with Crippen molar-refractivity contribution in [1.82, 2.24) is 9.80 Å². The van der Waals surface area contributed by atoms with Gasteiger partial charge in [0, 0.05) is 18.6 Å². The zero-order valence-corrected chi connectivity index (χ0v) is 13.5. The second kappa shape index (κ2) is 6.77. The van der Waals surface area contributed by atoms with Crippen molar-refractivity contribution in [3.8, 4) is 0 Å². The normalized spacial score (nSPS) is 32.7. The lowest BCUT2D eigenvalue weighted by atomic mass is 9.94. The van der Waals surface area contributed by atoms with Gasteiger partial charge in [-0.15, -0.1) is 0 Å². The Morgan fingerprint density at radius 1 is 1.10 bits per heavy atom. The molecule has 0 bridgehead atoms. The molecule has 21 heavy (non-hydrogen) atoms. The maximum Gasteiger partial charge on any atom is 0.240 e. The highest BCUT2D eigenvalue weighted by Gasteiger charge is 2.36. The molecule has 0 unspecified atom stereocenters. The van der Waals surface area contributed by atoms with Gasteiger partial charge in [-0.3, -0.25) is 14.5 Å². The Kier molecular flexibility index (Phi) is 5.25. The Morgan fingerprint density at radius 2 is 1.71 bits per heavy atom. The third-order valence-corrected chi connectivity index (χ3v) is 5.21. The molecule has 0 saturated carbocycles. The summed E-state index contributed by atoms with van der Waals surface area (Å²) in [6.45, 7) is 7.76. The minimum absolute atomic E-state index is 0.106. The summed E-state index contributed by atoms with van der Waals surface area (Å²) in [5.74, 6) is -0.135. The molecule has 2 aliphatic rings. The molecule has 0 aromatic rings. The van der Waals surface area contributed by atoms with Crippen LogP contribution in [0, 0.1) is 5.92 Å². The van der Waals surface area contributed by atoms with Gasteiger partial charge in [0.1, 0.15) is 0 Å². The van der Waals surface area contributed by atoms with E-state index in [1.54, 1.807) is 0 Å². The SMILES string of the molecule is C[C@H](C(=O)N1[C@H](C)CCC[C@H]1C)N1CCC[C@H](C(N)=O)C1. The average Bonchev–Trinajstić information content (AvgIpc) is 2.46. The predicted molar refractivity (Wildman–Crippen MR) is 82.6 cm³/mol. The van der Waals surface area contributed by atoms with Gasteiger partial charge >= 0.3 is 0 Å². The fourth-order valence-electron chi connectivity index (χ4n) is 3.82. The van der Waals surface area contributed by atoms with E-state index >= 15 is 0 Å². The maximum atomic E-state index is 12.9. The highest BCUT2D eigenvalue weighted by Crippen LogP contribution is 2.25. The number of primary amides is 1. The van der Waals surface area contributed by atoms with Crippen molar-refractivity contribution in [1.29, 1.82) is 0 Å². The first-order valence-electron chi connectivity index (χ1n) is 8.27. The van der Waals surface area contributed by atoms with Crippen molar-refractivity contribution >= 4 is 11.8 Å². The van der Waals surface area contributed by atoms with Gasteiger partial charge in [-0.05, 0) is 59.4 Å². The molecule has 2 heterocycles. The number of likely N-dealkylation sites (tertiary alicyclic amines) is 2. The summed E-state index contributed by atoms with van der Waals surface area (Å²) in [4.78, 5) is 28.5. The van der Waals surface area contributed by atoms with Crippen LogP contribution in [-0.2, 0) is 9.59 Å². The van der Waals surface area contributed by atoms with Gasteiger partial charge in [-0.2, -0.15) is 0 Å². The fraction of sp³-hybridized carbons (Fsp3) is 0.875. The minimum Gasteiger partial charge on any atom is -0.369 e. The molecule has 0 radical (unpaired) electrons. The lowest BCUT2D eigenvalue weighted by Gasteiger charge is -2.43. The lowest BCUT2D eigenvalue weighted by Crippen LogP contribution is -2.56. The zero-order chi connectivity index (χ0) is 15.6. The van der Waals surface area contributed by atoms with Crippen molar-refractivity contribution in [2.24, 2.45) is 11.7 Å². The first-order chi connectivity index (χ1) is 9.91. The first-order valence-corrected chi connectivity index (χ1v) is 8.27. The molecule has 2 rings (SSSR count). The highest BCUT2D eigenvalue weighted by atomic mass is 16.2. The largest absolute Gasteiger partial charge is 0.369 e. The van der Waals surface area contributed by atoms with Crippen LogP contribution in [0.1, 0.15) is 52.9 Å². The topological polar surface area (TPSA) is 66.6 Å². The van der Waals surface area contributed by atoms with Gasteiger partial charge in [0.25, 0.3) is 0 Å². The van der Waals surface area contributed by atoms with E-state index < -0.39 is 0 Å². The number of piperidine rings is 2. The average molecular weight is 295 g/mol. The van der Waals surface area contributed by atoms with Gasteiger partial charge in [0.15, 0.2) is 0 Å². The summed E-state index contributed by atoms with van der Waals surface area (Å²) >= 11 is 0. The predicted octanol–water partition coefficient (Wildman–Crippen LogP) is 1.36. The molecule has 4 atom stereocenters. The molecule has 0 spiro atoms. The van der Waals surface area contributed by atoms with Crippen molar-refractivity contribution in [3.05, 3.63) is 0 Å². The van der Waals surface area contributed by atoms with E-state index in [0.717, 1.165) is 32.2 Å². The molecule has 2 N–H and O–H groups in total. The number of nitrogens with two attached hydrogens (primary N) is 1. The third-order valence-electron chi connectivity index (χ3n) is 5.21. The number of nitrogens with zero attached hydrogens (tertiary/aromatic N) is 2. The molecule has 2 fully saturated rings. The summed E-state index contributed by atoms with van der Waals surface area (Å²) in [7, 11) is 0. The van der Waals surface area contributed by atoms with Crippen LogP contribution in [0.3, 0.4) is 0 Å². The van der Waals surface area contributed by atoms with Crippen LogP contribution >= 0.6 is 0 Å². The van der Waals surface area contributed by atoms with E-state index in [4.69, 9.17) is 5.73 Å². The minimum atomic E-state index is -0.237. The fourth-order valence-corrected chi connectivity index (χ4v) is 3.82. The molecule has 2 amide bonds. The van der Waals surface area contributed by atoms with Gasteiger partial charge in [-0.1, -0.05) is 0 Å². The van der Waals surface area contributed by atoms with E-state index in [-0.39, 0.29) is 23.8 Å². The van der Waals surface area contributed by atoms with Crippen molar-refractivity contribution < 1.29 is 9.59 Å². The Labute approximate surface area is 127 Å². The molecule has 5 heteroatoms. The molecule has 0 aliphatic carbocycles. The zero-order valence-electron chi connectivity index (χ0n) is 13.5. The second-order valence-corrected chi connectivity index (χ2v) is 6.79. The summed E-state index contributed by atoms with van der Waals surface area (Å²) in [5.41, 5.74) is 5.43. The van der Waals surface area contributed by atoms with Crippen molar-refractivity contribution in [3.63, 3.8) is 0 Å². The Morgan fingerprint density at radius 3 is 2.29 bits per heavy atom. The molecule has 2 aliphatic heterocycles. The maximum absolute atomic E-state index is 12.9. The van der Waals surface area contributed by atoms with E-state index in [1.807, 2.05) is 6.92 Å². The van der Waals surface area contributed by atoms with Crippen LogP contribution in [0.5, 0.6) is 0 Å². The number of hydrogen-bond acceptors (Lipinski definition) is 3. The van der Waals surface area contributed by atoms with Gasteiger partial charge in [0.05, 0.1) is 12.0 Å². The summed E-state index contributed by atoms with van der Waals surface area (Å²) in [6, 6.07) is 0.482. The van der Waals surface area contributed by atoms with Gasteiger partial charge in [-0.25, -0.2) is 0 Å². The number of carbonyl (C=O) groups is 2. The number of rotatable bonds is 3. The highest BCUT2D eigenvalue weighted by molar-refractivity contribution is 5.82. The molecule has 0 aromatic heterocycles. The quantitative estimate of drug-likeness (QED) is 0.855. The molecule has 5 nitrogen and oxygen atoms in total. The number of hydrogen-bond donors (Lipinski definition) is 1. The van der Waals surface area contributed by atoms with E-state index in [0.29, 0.717) is 18.6 Å². The molecule has 120 valence electrons. The van der Waals surface area contributed by atoms with Crippen LogP contribution < -0.4 is 5.73 Å². The summed E-state index contributed by atoms with van der Waals surface area (Å²) in [6.07, 6.45) is 5.17. The third kappa shape index (κ3) is 3.57. The van der Waals surface area contributed by atoms with Gasteiger partial charge in [0.2, 0.25) is 11.8 Å². The van der Waals surface area contributed by atoms with Crippen LogP contribution in [0.25, 0.3) is 0 Å². The van der Waals surface area contributed by atoms with E-state index in [1.165, 1.54) is 6.42 Å². The summed E-state index contributed by atoms with van der Waals surface area (Å²) < 4.78 is 0. The van der Waals surface area contributed by atoms with E-state index in [2.05, 4.69) is 23.6 Å². The van der Waals surface area contributed by atoms with Crippen molar-refractivity contribution in [2.75, 3.05) is 13.1 Å². The molecule has 2 saturated heterocycles. The second-order valence-electron chi connectivity index (χ2n) is 6.79. The number of carbonyl (C=O) groups excluding carboxylic acids is 2. The molecular formula is C16H29N3O2. The van der Waals surface area contributed by atoms with E-state index in [9.17, 15) is 9.59 Å². The summed E-state index contributed by atoms with van der Waals surface area (Å²) in [5, 5.41) is 0. The van der Waals surface area contributed by atoms with Crippen LogP contribution in [0.4, 0.5) is 0 Å². The monoisotopic (exact) mass is 295 g/mol. The standard InChI is InChI=1S/C16H29N3O2/c1-11-6-4-7-12(2)19(11)16(21)13(3)18-9-5-8-14(10-18)15(17)20/h11-14H,4-10H2,1-3H3,(H2,17,20)/t11-,12-,13-,14+/m1/s1. The smallest absolute Gasteiger partial charge is 0.240 e. The van der Waals surface area contributed by atoms with Crippen LogP contribution in [0.15, 0.2) is 0 Å². The van der Waals surface area contributed by atoms with Gasteiger partial charge < -0.3 is 10.6 Å². The van der Waals surface area contributed by atoms with Crippen LogP contribution in [0.2, 0.25) is 0 Å². The van der Waals surface area contributed by atoms with Crippen molar-refractivity contribution in [2.45, 2.75) is 71.0 Å². The van der Waals surface area contributed by atoms with Crippen LogP contribution in [-0.4, -0.2) is 52.8 Å². The number of amides is 2. The first kappa shape index (κ1) is 16.3. The Hall–Kier alpha value is -1.10. The Bertz CT molecular complexity index is 389.